The zero-order chi connectivity index (χ0) is 24.4. The number of rotatable bonds is 7. The van der Waals surface area contributed by atoms with Crippen LogP contribution in [0.1, 0.15) is 35.3 Å². The number of benzene rings is 1. The number of allylic oxidation sites excluding steroid dienone is 1. The van der Waals surface area contributed by atoms with Crippen LogP contribution in [0.3, 0.4) is 0 Å². The van der Waals surface area contributed by atoms with Gasteiger partial charge in [0.2, 0.25) is 0 Å². The lowest BCUT2D eigenvalue weighted by atomic mass is 9.99. The van der Waals surface area contributed by atoms with Gasteiger partial charge in [0.15, 0.2) is 0 Å². The van der Waals surface area contributed by atoms with E-state index in [0.29, 0.717) is 23.4 Å². The molecule has 0 aliphatic carbocycles. The van der Waals surface area contributed by atoms with E-state index in [1.807, 2.05) is 30.5 Å². The molecule has 5 rings (SSSR count). The van der Waals surface area contributed by atoms with Crippen LogP contribution in [0, 0.1) is 12.7 Å². The Kier molecular flexibility index (Phi) is 6.31. The van der Waals surface area contributed by atoms with Crippen molar-refractivity contribution in [3.63, 3.8) is 0 Å². The summed E-state index contributed by atoms with van der Waals surface area (Å²) in [6.07, 6.45) is 8.32. The van der Waals surface area contributed by atoms with Crippen LogP contribution in [0.2, 0.25) is 0 Å². The SMILES string of the molecule is C=C1CCCN1CCCNC(=O)c1cnc2ccc(-c3cccnc3-c3ccc(F)c(C)c3)cn12. The number of carbonyl (C=O) groups is 1. The van der Waals surface area contributed by atoms with E-state index in [4.69, 9.17) is 0 Å². The van der Waals surface area contributed by atoms with Crippen LogP contribution in [0.15, 0.2) is 73.3 Å². The van der Waals surface area contributed by atoms with Gasteiger partial charge in [0.1, 0.15) is 17.2 Å². The number of carbonyl (C=O) groups excluding carboxylic acids is 1. The lowest BCUT2D eigenvalue weighted by molar-refractivity contribution is 0.0946. The van der Waals surface area contributed by atoms with Gasteiger partial charge >= 0.3 is 0 Å². The van der Waals surface area contributed by atoms with Crippen molar-refractivity contribution in [3.8, 4) is 22.4 Å². The average molecular weight is 470 g/mol. The molecule has 0 saturated carbocycles. The van der Waals surface area contributed by atoms with Crippen LogP contribution in [-0.4, -0.2) is 44.8 Å². The Labute approximate surface area is 204 Å². The Morgan fingerprint density at radius 2 is 2.03 bits per heavy atom. The second kappa shape index (κ2) is 9.70. The summed E-state index contributed by atoms with van der Waals surface area (Å²) in [6.45, 7) is 8.39. The second-order valence-corrected chi connectivity index (χ2v) is 8.92. The maximum atomic E-state index is 13.8. The minimum Gasteiger partial charge on any atom is -0.375 e. The molecule has 1 aliphatic rings. The Morgan fingerprint density at radius 1 is 1.17 bits per heavy atom. The maximum Gasteiger partial charge on any atom is 0.269 e. The summed E-state index contributed by atoms with van der Waals surface area (Å²) in [5, 5.41) is 3.02. The molecule has 1 saturated heterocycles. The van der Waals surface area contributed by atoms with Crippen molar-refractivity contribution >= 4 is 11.6 Å². The number of halogens is 1. The molecular formula is C28H28FN5O. The summed E-state index contributed by atoms with van der Waals surface area (Å²) in [5.74, 6) is -0.400. The number of fused-ring (bicyclic) bond motifs is 1. The normalized spacial score (nSPS) is 13.5. The molecule has 178 valence electrons. The molecule has 0 radical (unpaired) electrons. The third-order valence-corrected chi connectivity index (χ3v) is 6.52. The summed E-state index contributed by atoms with van der Waals surface area (Å²) in [7, 11) is 0. The van der Waals surface area contributed by atoms with Crippen LogP contribution in [0.5, 0.6) is 0 Å². The molecule has 1 aliphatic heterocycles. The summed E-state index contributed by atoms with van der Waals surface area (Å²) < 4.78 is 15.6. The van der Waals surface area contributed by atoms with Gasteiger partial charge in [0.05, 0.1) is 11.9 Å². The molecule has 1 aromatic carbocycles. The fourth-order valence-electron chi connectivity index (χ4n) is 4.59. The van der Waals surface area contributed by atoms with E-state index in [1.54, 1.807) is 35.9 Å². The van der Waals surface area contributed by atoms with Crippen molar-refractivity contribution in [1.29, 1.82) is 0 Å². The Hall–Kier alpha value is -4.00. The Bertz CT molecular complexity index is 1410. The number of likely N-dealkylation sites (tertiary alicyclic amines) is 1. The topological polar surface area (TPSA) is 62.5 Å². The first-order valence-corrected chi connectivity index (χ1v) is 11.9. The highest BCUT2D eigenvalue weighted by molar-refractivity contribution is 5.93. The summed E-state index contributed by atoms with van der Waals surface area (Å²) in [5.41, 5.74) is 6.31. The molecule has 4 aromatic rings. The van der Waals surface area contributed by atoms with E-state index in [2.05, 4.69) is 26.8 Å². The first-order valence-electron chi connectivity index (χ1n) is 11.9. The van der Waals surface area contributed by atoms with Gasteiger partial charge in [-0.25, -0.2) is 9.37 Å². The Balaban J connectivity index is 1.37. The number of hydrogen-bond donors (Lipinski definition) is 1. The quantitative estimate of drug-likeness (QED) is 0.376. The lowest BCUT2D eigenvalue weighted by Crippen LogP contribution is -2.28. The first-order chi connectivity index (χ1) is 17.0. The Morgan fingerprint density at radius 3 is 2.83 bits per heavy atom. The van der Waals surface area contributed by atoms with E-state index in [9.17, 15) is 9.18 Å². The molecule has 0 unspecified atom stereocenters. The number of amides is 1. The molecule has 4 heterocycles. The van der Waals surface area contributed by atoms with Gasteiger partial charge in [-0.3, -0.25) is 14.2 Å². The second-order valence-electron chi connectivity index (χ2n) is 8.92. The molecule has 3 aromatic heterocycles. The van der Waals surface area contributed by atoms with Crippen molar-refractivity contribution in [2.75, 3.05) is 19.6 Å². The predicted octanol–water partition coefficient (Wildman–Crippen LogP) is 5.24. The highest BCUT2D eigenvalue weighted by Gasteiger charge is 2.16. The third-order valence-electron chi connectivity index (χ3n) is 6.52. The molecule has 0 atom stereocenters. The molecule has 6 nitrogen and oxygen atoms in total. The molecule has 1 N–H and O–H groups in total. The molecule has 1 amide bonds. The minimum absolute atomic E-state index is 0.157. The zero-order valence-corrected chi connectivity index (χ0v) is 19.8. The molecule has 0 bridgehead atoms. The van der Waals surface area contributed by atoms with Crippen LogP contribution in [-0.2, 0) is 0 Å². The highest BCUT2D eigenvalue weighted by atomic mass is 19.1. The summed E-state index contributed by atoms with van der Waals surface area (Å²) >= 11 is 0. The molecular weight excluding hydrogens is 441 g/mol. The van der Waals surface area contributed by atoms with Gasteiger partial charge < -0.3 is 10.2 Å². The van der Waals surface area contributed by atoms with E-state index < -0.39 is 0 Å². The van der Waals surface area contributed by atoms with Crippen molar-refractivity contribution < 1.29 is 9.18 Å². The standard InChI is InChI=1S/C28H28FN5O/c1-19-16-21(8-10-24(19)29)27-23(7-3-12-30-27)22-9-11-26-32-17-25(34(26)18-22)28(35)31-13-5-15-33-14-4-6-20(33)2/h3,7-12,16-18H,2,4-6,13-15H2,1H3,(H,31,35). The smallest absolute Gasteiger partial charge is 0.269 e. The van der Waals surface area contributed by atoms with Crippen LogP contribution >= 0.6 is 0 Å². The summed E-state index contributed by atoms with van der Waals surface area (Å²) in [6, 6.07) is 12.7. The molecule has 35 heavy (non-hydrogen) atoms. The number of aromatic nitrogens is 3. The number of nitrogens with one attached hydrogen (secondary N) is 1. The van der Waals surface area contributed by atoms with Gasteiger partial charge in [0, 0.05) is 54.4 Å². The zero-order valence-electron chi connectivity index (χ0n) is 19.8. The molecule has 0 spiro atoms. The van der Waals surface area contributed by atoms with E-state index in [0.717, 1.165) is 54.7 Å². The third kappa shape index (κ3) is 4.67. The van der Waals surface area contributed by atoms with Crippen molar-refractivity contribution in [1.82, 2.24) is 24.6 Å². The molecule has 1 fully saturated rings. The average Bonchev–Trinajstić information content (AvgIpc) is 3.49. The highest BCUT2D eigenvalue weighted by Crippen LogP contribution is 2.31. The van der Waals surface area contributed by atoms with Crippen LogP contribution in [0.4, 0.5) is 4.39 Å². The fraction of sp³-hybridized carbons (Fsp3) is 0.250. The number of aryl methyl sites for hydroxylation is 1. The van der Waals surface area contributed by atoms with Crippen molar-refractivity contribution in [2.24, 2.45) is 0 Å². The minimum atomic E-state index is -0.243. The summed E-state index contributed by atoms with van der Waals surface area (Å²) in [4.78, 5) is 24.2. The molecule has 7 heteroatoms. The van der Waals surface area contributed by atoms with Gasteiger partial charge in [-0.15, -0.1) is 0 Å². The van der Waals surface area contributed by atoms with E-state index in [1.165, 1.54) is 11.8 Å². The van der Waals surface area contributed by atoms with Gasteiger partial charge in [-0.05, 0) is 68.1 Å². The number of nitrogens with zero attached hydrogens (tertiary/aromatic N) is 4. The van der Waals surface area contributed by atoms with Gasteiger partial charge in [-0.1, -0.05) is 12.6 Å². The monoisotopic (exact) mass is 469 g/mol. The number of imidazole rings is 1. The lowest BCUT2D eigenvalue weighted by Gasteiger charge is -2.18. The van der Waals surface area contributed by atoms with Crippen molar-refractivity contribution in [2.45, 2.75) is 26.2 Å². The predicted molar refractivity (Wildman–Crippen MR) is 135 cm³/mol. The van der Waals surface area contributed by atoms with Crippen LogP contribution < -0.4 is 5.32 Å². The first kappa shape index (κ1) is 22.8. The number of pyridine rings is 2. The van der Waals surface area contributed by atoms with Gasteiger partial charge in [0.25, 0.3) is 5.91 Å². The fourth-order valence-corrected chi connectivity index (χ4v) is 4.59. The largest absolute Gasteiger partial charge is 0.375 e. The van der Waals surface area contributed by atoms with E-state index >= 15 is 0 Å². The van der Waals surface area contributed by atoms with E-state index in [-0.39, 0.29) is 11.7 Å². The van der Waals surface area contributed by atoms with Crippen LogP contribution in [0.25, 0.3) is 28.0 Å². The van der Waals surface area contributed by atoms with Gasteiger partial charge in [-0.2, -0.15) is 0 Å². The maximum absolute atomic E-state index is 13.8. The van der Waals surface area contributed by atoms with Crippen molar-refractivity contribution in [3.05, 3.63) is 90.4 Å². The number of hydrogen-bond acceptors (Lipinski definition) is 4.